The van der Waals surface area contributed by atoms with Gasteiger partial charge in [-0.3, -0.25) is 4.79 Å². The fraction of sp³-hybridized carbons (Fsp3) is 0.300. The number of imidazole rings is 1. The van der Waals surface area contributed by atoms with Crippen LogP contribution in [-0.4, -0.2) is 23.9 Å². The first-order chi connectivity index (χ1) is 13.7. The Bertz CT molecular complexity index is 1170. The number of aryl methyl sites for hydroxylation is 1. The molecule has 3 rings (SSSR count). The third kappa shape index (κ3) is 4.91. The molecule has 9 heteroatoms. The van der Waals surface area contributed by atoms with E-state index < -0.39 is 15.9 Å². The van der Waals surface area contributed by atoms with Crippen molar-refractivity contribution >= 4 is 50.2 Å². The molecule has 0 radical (unpaired) electrons. The lowest BCUT2D eigenvalue weighted by molar-refractivity contribution is -0.119. The molecule has 29 heavy (non-hydrogen) atoms. The number of hydrogen-bond donors (Lipinski definition) is 1. The smallest absolute Gasteiger partial charge is 0.264 e. The highest BCUT2D eigenvalue weighted by atomic mass is 35.5. The summed E-state index contributed by atoms with van der Waals surface area (Å²) in [5.74, 6) is 0.207. The van der Waals surface area contributed by atoms with Crippen molar-refractivity contribution in [2.24, 2.45) is 0 Å². The number of hydrogen-bond acceptors (Lipinski definition) is 4. The summed E-state index contributed by atoms with van der Waals surface area (Å²) in [5, 5.41) is 1.11. The van der Waals surface area contributed by atoms with Gasteiger partial charge in [0.1, 0.15) is 5.82 Å². The number of amides is 1. The molecular weight excluding hydrogens is 433 g/mol. The normalized spacial score (nSPS) is 11.7. The van der Waals surface area contributed by atoms with Crippen LogP contribution in [0.25, 0.3) is 11.0 Å². The summed E-state index contributed by atoms with van der Waals surface area (Å²) in [7, 11) is -3.94. The lowest BCUT2D eigenvalue weighted by Gasteiger charge is -2.10. The van der Waals surface area contributed by atoms with Crippen molar-refractivity contribution in [3.05, 3.63) is 57.8 Å². The Morgan fingerprint density at radius 2 is 1.93 bits per heavy atom. The molecule has 1 N–H and O–H groups in total. The SMILES string of the molecule is CCCCC(=O)NS(=O)(=O)c1ccc2c(c1)nc(C)n2Cc1ccc(Cl)cc1Cl. The van der Waals surface area contributed by atoms with Crippen LogP contribution in [0.1, 0.15) is 37.6 Å². The van der Waals surface area contributed by atoms with Gasteiger partial charge in [-0.2, -0.15) is 0 Å². The third-order valence-corrected chi connectivity index (χ3v) is 6.53. The van der Waals surface area contributed by atoms with Crippen LogP contribution < -0.4 is 4.72 Å². The molecule has 2 aromatic carbocycles. The molecule has 154 valence electrons. The van der Waals surface area contributed by atoms with Crippen molar-refractivity contribution in [3.8, 4) is 0 Å². The molecule has 0 saturated heterocycles. The van der Waals surface area contributed by atoms with E-state index >= 15 is 0 Å². The molecule has 1 amide bonds. The van der Waals surface area contributed by atoms with E-state index in [9.17, 15) is 13.2 Å². The van der Waals surface area contributed by atoms with Crippen molar-refractivity contribution in [1.82, 2.24) is 14.3 Å². The molecule has 3 aromatic rings. The average molecular weight is 454 g/mol. The predicted octanol–water partition coefficient (Wildman–Crippen LogP) is 4.69. The Balaban J connectivity index is 1.91. The van der Waals surface area contributed by atoms with E-state index in [4.69, 9.17) is 23.2 Å². The molecule has 0 spiro atoms. The fourth-order valence-electron chi connectivity index (χ4n) is 3.01. The first kappa shape index (κ1) is 21.6. The zero-order valence-electron chi connectivity index (χ0n) is 16.1. The lowest BCUT2D eigenvalue weighted by atomic mass is 10.2. The molecule has 1 aromatic heterocycles. The van der Waals surface area contributed by atoms with Crippen molar-refractivity contribution in [3.63, 3.8) is 0 Å². The predicted molar refractivity (Wildman–Crippen MR) is 115 cm³/mol. The number of carbonyl (C=O) groups is 1. The second-order valence-electron chi connectivity index (χ2n) is 6.76. The van der Waals surface area contributed by atoms with Crippen LogP contribution in [0, 0.1) is 6.92 Å². The molecule has 0 saturated carbocycles. The summed E-state index contributed by atoms with van der Waals surface area (Å²) in [6.45, 7) is 4.24. The minimum Gasteiger partial charge on any atom is -0.324 e. The summed E-state index contributed by atoms with van der Waals surface area (Å²) in [6.07, 6.45) is 1.62. The minimum absolute atomic E-state index is 0.00373. The number of aromatic nitrogens is 2. The molecule has 0 aliphatic carbocycles. The van der Waals surface area contributed by atoms with Crippen LogP contribution in [-0.2, 0) is 21.4 Å². The Morgan fingerprint density at radius 3 is 2.62 bits per heavy atom. The maximum Gasteiger partial charge on any atom is 0.264 e. The third-order valence-electron chi connectivity index (χ3n) is 4.57. The van der Waals surface area contributed by atoms with Crippen molar-refractivity contribution in [1.29, 1.82) is 0 Å². The van der Waals surface area contributed by atoms with E-state index in [0.29, 0.717) is 34.4 Å². The van der Waals surface area contributed by atoms with Crippen molar-refractivity contribution < 1.29 is 13.2 Å². The fourth-order valence-corrected chi connectivity index (χ4v) is 4.52. The topological polar surface area (TPSA) is 81.1 Å². The molecule has 6 nitrogen and oxygen atoms in total. The number of unbranched alkanes of at least 4 members (excludes halogenated alkanes) is 1. The van der Waals surface area contributed by atoms with E-state index in [0.717, 1.165) is 17.5 Å². The van der Waals surface area contributed by atoms with Crippen LogP contribution in [0.5, 0.6) is 0 Å². The molecule has 1 heterocycles. The Kier molecular flexibility index (Phi) is 6.51. The highest BCUT2D eigenvalue weighted by Crippen LogP contribution is 2.25. The van der Waals surface area contributed by atoms with Crippen LogP contribution in [0.4, 0.5) is 0 Å². The lowest BCUT2D eigenvalue weighted by Crippen LogP contribution is -2.30. The minimum atomic E-state index is -3.94. The highest BCUT2D eigenvalue weighted by molar-refractivity contribution is 7.90. The molecule has 0 unspecified atom stereocenters. The maximum atomic E-state index is 12.5. The number of benzene rings is 2. The van der Waals surface area contributed by atoms with Gasteiger partial charge >= 0.3 is 0 Å². The molecular formula is C20H21Cl2N3O3S. The van der Waals surface area contributed by atoms with Gasteiger partial charge in [-0.05, 0) is 49.2 Å². The summed E-state index contributed by atoms with van der Waals surface area (Å²) < 4.78 is 29.1. The highest BCUT2D eigenvalue weighted by Gasteiger charge is 2.19. The second kappa shape index (κ2) is 8.73. The molecule has 0 fully saturated rings. The number of rotatable bonds is 7. The van der Waals surface area contributed by atoms with Crippen LogP contribution >= 0.6 is 23.2 Å². The van der Waals surface area contributed by atoms with E-state index in [1.165, 1.54) is 12.1 Å². The summed E-state index contributed by atoms with van der Waals surface area (Å²) >= 11 is 12.2. The average Bonchev–Trinajstić information content (AvgIpc) is 2.96. The first-order valence-electron chi connectivity index (χ1n) is 9.17. The van der Waals surface area contributed by atoms with Crippen LogP contribution in [0.15, 0.2) is 41.3 Å². The van der Waals surface area contributed by atoms with Gasteiger partial charge < -0.3 is 4.57 Å². The summed E-state index contributed by atoms with van der Waals surface area (Å²) in [4.78, 5) is 16.3. The molecule has 0 aliphatic heterocycles. The van der Waals surface area contributed by atoms with Gasteiger partial charge in [0.25, 0.3) is 10.0 Å². The molecule has 0 aliphatic rings. The van der Waals surface area contributed by atoms with Crippen LogP contribution in [0.3, 0.4) is 0 Å². The number of fused-ring (bicyclic) bond motifs is 1. The van der Waals surface area contributed by atoms with E-state index in [-0.39, 0.29) is 11.3 Å². The van der Waals surface area contributed by atoms with Gasteiger partial charge in [0.15, 0.2) is 0 Å². The van der Waals surface area contributed by atoms with Crippen molar-refractivity contribution in [2.75, 3.05) is 0 Å². The number of sulfonamides is 1. The van der Waals surface area contributed by atoms with Crippen LogP contribution in [0.2, 0.25) is 10.0 Å². The van der Waals surface area contributed by atoms with Gasteiger partial charge in [0.05, 0.1) is 22.5 Å². The van der Waals surface area contributed by atoms with E-state index in [1.54, 1.807) is 18.2 Å². The van der Waals surface area contributed by atoms with Crippen molar-refractivity contribution in [2.45, 2.75) is 44.6 Å². The first-order valence-corrected chi connectivity index (χ1v) is 11.4. The summed E-state index contributed by atoms with van der Waals surface area (Å²) in [6, 6.07) is 9.92. The quantitative estimate of drug-likeness (QED) is 0.562. The maximum absolute atomic E-state index is 12.5. The molecule has 0 atom stereocenters. The van der Waals surface area contributed by atoms with Gasteiger partial charge in [-0.1, -0.05) is 42.6 Å². The van der Waals surface area contributed by atoms with E-state index in [2.05, 4.69) is 9.71 Å². The number of halogens is 2. The monoisotopic (exact) mass is 453 g/mol. The Morgan fingerprint density at radius 1 is 1.17 bits per heavy atom. The Labute approximate surface area is 179 Å². The standard InChI is InChI=1S/C20H21Cl2N3O3S/c1-3-4-5-20(26)24-29(27,28)16-8-9-19-18(11-16)23-13(2)25(19)12-14-6-7-15(21)10-17(14)22/h6-11H,3-5,12H2,1-2H3,(H,24,26). The largest absolute Gasteiger partial charge is 0.324 e. The van der Waals surface area contributed by atoms with Gasteiger partial charge in [0.2, 0.25) is 5.91 Å². The van der Waals surface area contributed by atoms with Gasteiger partial charge in [0, 0.05) is 16.5 Å². The zero-order valence-corrected chi connectivity index (χ0v) is 18.4. The number of nitrogens with one attached hydrogen (secondary N) is 1. The number of carbonyl (C=O) groups excluding carboxylic acids is 1. The Hall–Kier alpha value is -2.09. The second-order valence-corrected chi connectivity index (χ2v) is 9.29. The molecule has 0 bridgehead atoms. The van der Waals surface area contributed by atoms with Gasteiger partial charge in [-0.25, -0.2) is 18.1 Å². The summed E-state index contributed by atoms with van der Waals surface area (Å²) in [5.41, 5.74) is 2.17. The van der Waals surface area contributed by atoms with Gasteiger partial charge in [-0.15, -0.1) is 0 Å². The van der Waals surface area contributed by atoms with E-state index in [1.807, 2.05) is 24.5 Å². The zero-order chi connectivity index (χ0) is 21.2. The number of nitrogens with zero attached hydrogens (tertiary/aromatic N) is 2.